The minimum atomic E-state index is -0.763. The van der Waals surface area contributed by atoms with Crippen LogP contribution in [0.2, 0.25) is 0 Å². The molecule has 152 valence electrons. The van der Waals surface area contributed by atoms with E-state index in [0.29, 0.717) is 36.9 Å². The highest BCUT2D eigenvalue weighted by atomic mass is 16.7. The van der Waals surface area contributed by atoms with Gasteiger partial charge in [0.15, 0.2) is 0 Å². The maximum atomic E-state index is 12.6. The number of hydrogen-bond donors (Lipinski definition) is 1. The van der Waals surface area contributed by atoms with Gasteiger partial charge in [-0.15, -0.1) is 0 Å². The lowest BCUT2D eigenvalue weighted by molar-refractivity contribution is -0.116. The summed E-state index contributed by atoms with van der Waals surface area (Å²) in [6.07, 6.45) is 5.18. The number of piperidine rings is 1. The summed E-state index contributed by atoms with van der Waals surface area (Å²) in [5.74, 6) is 0.603. The number of likely N-dealkylation sites (tertiary alicyclic amines) is 1. The number of benzene rings is 1. The zero-order valence-electron chi connectivity index (χ0n) is 16.5. The first-order valence-corrected chi connectivity index (χ1v) is 9.71. The van der Waals surface area contributed by atoms with Gasteiger partial charge in [0, 0.05) is 25.2 Å². The molecule has 1 heterocycles. The summed E-state index contributed by atoms with van der Waals surface area (Å²) in [5.41, 5.74) is 0.549. The van der Waals surface area contributed by atoms with Crippen LogP contribution >= 0.6 is 0 Å². The Balaban J connectivity index is 1.79. The molecule has 0 aliphatic carbocycles. The fourth-order valence-electron chi connectivity index (χ4n) is 2.96. The smallest absolute Gasteiger partial charge is 0.434 e. The van der Waals surface area contributed by atoms with Gasteiger partial charge in [0.2, 0.25) is 5.91 Å². The summed E-state index contributed by atoms with van der Waals surface area (Å²) >= 11 is 0. The average molecular weight is 388 g/mol. The standard InChI is InChI=1S/C21H28N2O5/c1-3-5-6-19(24)22-15-16-11-13-23(14-12-16)20(25)17-7-9-18(10-8-17)28-21(26)27-4-2/h5-10,16H,3-4,11-15H2,1-2H3,(H,22,24)/b6-5+. The Morgan fingerprint density at radius 2 is 1.82 bits per heavy atom. The van der Waals surface area contributed by atoms with E-state index >= 15 is 0 Å². The van der Waals surface area contributed by atoms with E-state index in [-0.39, 0.29) is 18.4 Å². The highest BCUT2D eigenvalue weighted by Gasteiger charge is 2.23. The Labute approximate surface area is 165 Å². The molecule has 1 N–H and O–H groups in total. The average Bonchev–Trinajstić information content (AvgIpc) is 2.71. The van der Waals surface area contributed by atoms with Crippen LogP contribution in [0.1, 0.15) is 43.5 Å². The van der Waals surface area contributed by atoms with E-state index in [1.165, 1.54) is 0 Å². The lowest BCUT2D eigenvalue weighted by Crippen LogP contribution is -2.41. The molecule has 0 unspecified atom stereocenters. The van der Waals surface area contributed by atoms with E-state index in [1.54, 1.807) is 37.3 Å². The number of allylic oxidation sites excluding steroid dienone is 1. The molecule has 0 radical (unpaired) electrons. The molecule has 1 aromatic rings. The Bertz CT molecular complexity index is 691. The molecule has 1 fully saturated rings. The number of hydrogen-bond acceptors (Lipinski definition) is 5. The Morgan fingerprint density at radius 3 is 2.43 bits per heavy atom. The number of nitrogens with one attached hydrogen (secondary N) is 1. The van der Waals surface area contributed by atoms with Gasteiger partial charge in [0.1, 0.15) is 5.75 Å². The fourth-order valence-corrected chi connectivity index (χ4v) is 2.96. The maximum Gasteiger partial charge on any atom is 0.513 e. The van der Waals surface area contributed by atoms with Crippen LogP contribution in [0.3, 0.4) is 0 Å². The van der Waals surface area contributed by atoms with E-state index in [4.69, 9.17) is 9.47 Å². The highest BCUT2D eigenvalue weighted by Crippen LogP contribution is 2.20. The summed E-state index contributed by atoms with van der Waals surface area (Å²) in [5, 5.41) is 2.91. The molecule has 0 spiro atoms. The molecule has 0 bridgehead atoms. The van der Waals surface area contributed by atoms with Crippen LogP contribution in [0.25, 0.3) is 0 Å². The molecule has 0 aromatic heterocycles. The largest absolute Gasteiger partial charge is 0.513 e. The van der Waals surface area contributed by atoms with Crippen molar-refractivity contribution in [2.24, 2.45) is 5.92 Å². The van der Waals surface area contributed by atoms with Crippen molar-refractivity contribution in [3.8, 4) is 5.75 Å². The van der Waals surface area contributed by atoms with Crippen molar-refractivity contribution >= 4 is 18.0 Å². The van der Waals surface area contributed by atoms with Gasteiger partial charge < -0.3 is 19.7 Å². The van der Waals surface area contributed by atoms with Crippen molar-refractivity contribution in [2.45, 2.75) is 33.1 Å². The first-order valence-electron chi connectivity index (χ1n) is 9.71. The van der Waals surface area contributed by atoms with Gasteiger partial charge in [-0.1, -0.05) is 13.0 Å². The molecule has 2 amide bonds. The summed E-state index contributed by atoms with van der Waals surface area (Å²) < 4.78 is 9.71. The van der Waals surface area contributed by atoms with Crippen molar-refractivity contribution in [2.75, 3.05) is 26.2 Å². The monoisotopic (exact) mass is 388 g/mol. The van der Waals surface area contributed by atoms with Crippen molar-refractivity contribution in [1.82, 2.24) is 10.2 Å². The van der Waals surface area contributed by atoms with Gasteiger partial charge >= 0.3 is 6.16 Å². The molecule has 1 aliphatic heterocycles. The minimum absolute atomic E-state index is 0.0453. The predicted molar refractivity (Wildman–Crippen MR) is 105 cm³/mol. The molecule has 1 aliphatic rings. The van der Waals surface area contributed by atoms with E-state index in [0.717, 1.165) is 19.3 Å². The van der Waals surface area contributed by atoms with Crippen molar-refractivity contribution in [3.05, 3.63) is 42.0 Å². The molecule has 7 heteroatoms. The fraction of sp³-hybridized carbons (Fsp3) is 0.476. The molecule has 1 aromatic carbocycles. The maximum absolute atomic E-state index is 12.6. The molecule has 1 saturated heterocycles. The van der Waals surface area contributed by atoms with Gasteiger partial charge in [-0.05, 0) is 62.4 Å². The van der Waals surface area contributed by atoms with Crippen LogP contribution in [-0.2, 0) is 9.53 Å². The molecule has 2 rings (SSSR count). The van der Waals surface area contributed by atoms with Crippen LogP contribution in [0.4, 0.5) is 4.79 Å². The topological polar surface area (TPSA) is 84.9 Å². The summed E-state index contributed by atoms with van der Waals surface area (Å²) in [4.78, 5) is 37.4. The number of carbonyl (C=O) groups excluding carboxylic acids is 3. The van der Waals surface area contributed by atoms with Crippen LogP contribution in [-0.4, -0.2) is 49.1 Å². The van der Waals surface area contributed by atoms with Crippen molar-refractivity contribution in [1.29, 1.82) is 0 Å². The van der Waals surface area contributed by atoms with Crippen molar-refractivity contribution < 1.29 is 23.9 Å². The SMILES string of the molecule is CC/C=C/C(=O)NCC1CCN(C(=O)c2ccc(OC(=O)OCC)cc2)CC1. The quantitative estimate of drug-likeness (QED) is 0.441. The molecular formula is C21H28N2O5. The summed E-state index contributed by atoms with van der Waals surface area (Å²) in [6.45, 7) is 5.87. The third-order valence-electron chi connectivity index (χ3n) is 4.54. The van der Waals surface area contributed by atoms with Gasteiger partial charge in [0.05, 0.1) is 6.61 Å². The zero-order chi connectivity index (χ0) is 20.4. The first-order chi connectivity index (χ1) is 13.5. The molecule has 0 saturated carbocycles. The van der Waals surface area contributed by atoms with Crippen LogP contribution in [0, 0.1) is 5.92 Å². The normalized spacial score (nSPS) is 14.7. The number of nitrogens with zero attached hydrogens (tertiary/aromatic N) is 1. The van der Waals surface area contributed by atoms with E-state index in [9.17, 15) is 14.4 Å². The second-order valence-corrected chi connectivity index (χ2v) is 6.60. The number of carbonyl (C=O) groups is 3. The molecular weight excluding hydrogens is 360 g/mol. The second kappa shape index (κ2) is 11.1. The van der Waals surface area contributed by atoms with E-state index < -0.39 is 6.16 Å². The number of ether oxygens (including phenoxy) is 2. The predicted octanol–water partition coefficient (Wildman–Crippen LogP) is 3.16. The van der Waals surface area contributed by atoms with Gasteiger partial charge in [-0.3, -0.25) is 9.59 Å². The van der Waals surface area contributed by atoms with Gasteiger partial charge in [-0.25, -0.2) is 4.79 Å². The Morgan fingerprint density at radius 1 is 1.14 bits per heavy atom. The third-order valence-corrected chi connectivity index (χ3v) is 4.54. The van der Waals surface area contributed by atoms with E-state index in [2.05, 4.69) is 5.32 Å². The molecule has 7 nitrogen and oxygen atoms in total. The van der Waals surface area contributed by atoms with Crippen molar-refractivity contribution in [3.63, 3.8) is 0 Å². The lowest BCUT2D eigenvalue weighted by atomic mass is 9.96. The number of amides is 2. The summed E-state index contributed by atoms with van der Waals surface area (Å²) in [6, 6.07) is 6.44. The second-order valence-electron chi connectivity index (χ2n) is 6.60. The number of rotatable bonds is 7. The Hall–Kier alpha value is -2.83. The van der Waals surface area contributed by atoms with Crippen LogP contribution < -0.4 is 10.1 Å². The third kappa shape index (κ3) is 6.72. The lowest BCUT2D eigenvalue weighted by Gasteiger charge is -2.32. The first kappa shape index (κ1) is 21.5. The molecule has 28 heavy (non-hydrogen) atoms. The van der Waals surface area contributed by atoms with Crippen LogP contribution in [0.15, 0.2) is 36.4 Å². The van der Waals surface area contributed by atoms with Gasteiger partial charge in [0.25, 0.3) is 5.91 Å². The Kier molecular flexibility index (Phi) is 8.52. The summed E-state index contributed by atoms with van der Waals surface area (Å²) in [7, 11) is 0. The van der Waals surface area contributed by atoms with Gasteiger partial charge in [-0.2, -0.15) is 0 Å². The highest BCUT2D eigenvalue weighted by molar-refractivity contribution is 5.94. The molecule has 0 atom stereocenters. The zero-order valence-corrected chi connectivity index (χ0v) is 16.5. The minimum Gasteiger partial charge on any atom is -0.434 e. The van der Waals surface area contributed by atoms with E-state index in [1.807, 2.05) is 17.9 Å². The van der Waals surface area contributed by atoms with Crippen LogP contribution in [0.5, 0.6) is 5.75 Å².